The Kier molecular flexibility index (Phi) is 4.47. The normalized spacial score (nSPS) is 10.8. The summed E-state index contributed by atoms with van der Waals surface area (Å²) in [6.45, 7) is 2.94. The molecule has 0 spiro atoms. The van der Waals surface area contributed by atoms with Gasteiger partial charge in [0.1, 0.15) is 11.5 Å². The molecule has 0 saturated carbocycles. The van der Waals surface area contributed by atoms with E-state index in [1.54, 1.807) is 23.1 Å². The molecule has 2 aromatic rings. The molecule has 0 fully saturated rings. The van der Waals surface area contributed by atoms with Gasteiger partial charge >= 0.3 is 0 Å². The van der Waals surface area contributed by atoms with Gasteiger partial charge in [-0.25, -0.2) is 4.39 Å². The Morgan fingerprint density at radius 2 is 2.17 bits per heavy atom. The average Bonchev–Trinajstić information content (AvgIpc) is 2.78. The second-order valence-corrected chi connectivity index (χ2v) is 5.07. The SMILES string of the molecule is CCCCCn1ncc(-c2ccc(Br)cc2F)n1. The minimum atomic E-state index is -0.287. The number of unbranched alkanes of at least 4 members (excludes halogenated alkanes) is 2. The summed E-state index contributed by atoms with van der Waals surface area (Å²) in [5.74, 6) is -0.287. The lowest BCUT2D eigenvalue weighted by atomic mass is 10.1. The molecule has 0 aliphatic rings. The number of aromatic nitrogens is 3. The molecule has 18 heavy (non-hydrogen) atoms. The van der Waals surface area contributed by atoms with Crippen LogP contribution >= 0.6 is 15.9 Å². The third-order valence-corrected chi connectivity index (χ3v) is 3.20. The van der Waals surface area contributed by atoms with Crippen molar-refractivity contribution in [1.29, 1.82) is 0 Å². The number of aryl methyl sites for hydroxylation is 1. The van der Waals surface area contributed by atoms with E-state index in [9.17, 15) is 4.39 Å². The Hall–Kier alpha value is -1.23. The fourth-order valence-electron chi connectivity index (χ4n) is 1.73. The molecule has 0 saturated heterocycles. The van der Waals surface area contributed by atoms with Crippen molar-refractivity contribution >= 4 is 15.9 Å². The Morgan fingerprint density at radius 3 is 2.89 bits per heavy atom. The van der Waals surface area contributed by atoms with E-state index in [4.69, 9.17) is 0 Å². The zero-order valence-electron chi connectivity index (χ0n) is 10.2. The standard InChI is InChI=1S/C13H15BrFN3/c1-2-3-4-7-18-16-9-13(17-18)11-6-5-10(14)8-12(11)15/h5-6,8-9H,2-4,7H2,1H3. The molecule has 0 bridgehead atoms. The minimum Gasteiger partial charge on any atom is -0.206 e. The summed E-state index contributed by atoms with van der Waals surface area (Å²) in [5, 5.41) is 8.45. The molecular formula is C13H15BrFN3. The molecule has 0 atom stereocenters. The van der Waals surface area contributed by atoms with Crippen molar-refractivity contribution in [3.63, 3.8) is 0 Å². The molecule has 1 aromatic carbocycles. The second-order valence-electron chi connectivity index (χ2n) is 4.16. The van der Waals surface area contributed by atoms with Gasteiger partial charge in [0, 0.05) is 10.0 Å². The molecule has 0 aliphatic heterocycles. The Bertz CT molecular complexity index is 525. The fourth-order valence-corrected chi connectivity index (χ4v) is 2.06. The van der Waals surface area contributed by atoms with Gasteiger partial charge in [0.15, 0.2) is 0 Å². The number of hydrogen-bond acceptors (Lipinski definition) is 2. The molecule has 0 N–H and O–H groups in total. The van der Waals surface area contributed by atoms with Crippen LogP contribution in [0.5, 0.6) is 0 Å². The van der Waals surface area contributed by atoms with Crippen molar-refractivity contribution < 1.29 is 4.39 Å². The molecule has 2 rings (SSSR count). The van der Waals surface area contributed by atoms with Crippen LogP contribution < -0.4 is 0 Å². The molecule has 96 valence electrons. The van der Waals surface area contributed by atoms with E-state index in [-0.39, 0.29) is 5.82 Å². The summed E-state index contributed by atoms with van der Waals surface area (Å²) in [4.78, 5) is 1.63. The van der Waals surface area contributed by atoms with Crippen LogP contribution in [0.2, 0.25) is 0 Å². The van der Waals surface area contributed by atoms with Crippen LogP contribution in [0.1, 0.15) is 26.2 Å². The summed E-state index contributed by atoms with van der Waals surface area (Å²) in [6.07, 6.45) is 4.98. The maximum Gasteiger partial charge on any atom is 0.133 e. The van der Waals surface area contributed by atoms with Gasteiger partial charge in [-0.3, -0.25) is 0 Å². The van der Waals surface area contributed by atoms with Gasteiger partial charge in [0.05, 0.1) is 12.7 Å². The first-order valence-electron chi connectivity index (χ1n) is 6.06. The third-order valence-electron chi connectivity index (χ3n) is 2.71. The Balaban J connectivity index is 2.13. The van der Waals surface area contributed by atoms with E-state index in [1.165, 1.54) is 6.07 Å². The van der Waals surface area contributed by atoms with Crippen LogP contribution in [-0.4, -0.2) is 15.0 Å². The molecule has 5 heteroatoms. The predicted octanol–water partition coefficient (Wildman–Crippen LogP) is 4.04. The highest BCUT2D eigenvalue weighted by Gasteiger charge is 2.09. The molecule has 3 nitrogen and oxygen atoms in total. The molecule has 0 radical (unpaired) electrons. The highest BCUT2D eigenvalue weighted by molar-refractivity contribution is 9.10. The zero-order valence-corrected chi connectivity index (χ0v) is 11.8. The van der Waals surface area contributed by atoms with Gasteiger partial charge in [-0.2, -0.15) is 15.0 Å². The summed E-state index contributed by atoms with van der Waals surface area (Å²) >= 11 is 3.23. The monoisotopic (exact) mass is 311 g/mol. The van der Waals surface area contributed by atoms with E-state index >= 15 is 0 Å². The van der Waals surface area contributed by atoms with Crippen molar-refractivity contribution in [2.24, 2.45) is 0 Å². The highest BCUT2D eigenvalue weighted by Crippen LogP contribution is 2.23. The summed E-state index contributed by atoms with van der Waals surface area (Å²) in [6, 6.07) is 4.94. The van der Waals surface area contributed by atoms with E-state index in [0.717, 1.165) is 30.3 Å². The van der Waals surface area contributed by atoms with Crippen molar-refractivity contribution in [2.45, 2.75) is 32.7 Å². The van der Waals surface area contributed by atoms with Crippen LogP contribution in [-0.2, 0) is 6.54 Å². The highest BCUT2D eigenvalue weighted by atomic mass is 79.9. The van der Waals surface area contributed by atoms with Gasteiger partial charge < -0.3 is 0 Å². The first-order valence-corrected chi connectivity index (χ1v) is 6.85. The number of rotatable bonds is 5. The lowest BCUT2D eigenvalue weighted by molar-refractivity contribution is 0.497. The van der Waals surface area contributed by atoms with Crippen LogP contribution in [0, 0.1) is 5.82 Å². The number of halogens is 2. The summed E-state index contributed by atoms with van der Waals surface area (Å²) < 4.78 is 14.5. The van der Waals surface area contributed by atoms with E-state index in [0.29, 0.717) is 11.3 Å². The minimum absolute atomic E-state index is 0.287. The average molecular weight is 312 g/mol. The van der Waals surface area contributed by atoms with Crippen LogP contribution in [0.3, 0.4) is 0 Å². The first kappa shape index (κ1) is 13.2. The van der Waals surface area contributed by atoms with E-state index in [1.807, 2.05) is 0 Å². The van der Waals surface area contributed by atoms with Gasteiger partial charge in [0.25, 0.3) is 0 Å². The van der Waals surface area contributed by atoms with Crippen molar-refractivity contribution in [2.75, 3.05) is 0 Å². The van der Waals surface area contributed by atoms with E-state index < -0.39 is 0 Å². The lowest BCUT2D eigenvalue weighted by Crippen LogP contribution is -2.02. The summed E-state index contributed by atoms with van der Waals surface area (Å²) in [5.41, 5.74) is 1.07. The zero-order chi connectivity index (χ0) is 13.0. The van der Waals surface area contributed by atoms with Crippen LogP contribution in [0.25, 0.3) is 11.3 Å². The largest absolute Gasteiger partial charge is 0.206 e. The lowest BCUT2D eigenvalue weighted by Gasteiger charge is -2.00. The molecule has 1 aromatic heterocycles. The van der Waals surface area contributed by atoms with Crippen molar-refractivity contribution in [3.05, 3.63) is 34.7 Å². The van der Waals surface area contributed by atoms with Crippen LogP contribution in [0.4, 0.5) is 4.39 Å². The topological polar surface area (TPSA) is 30.7 Å². The predicted molar refractivity (Wildman–Crippen MR) is 72.6 cm³/mol. The van der Waals surface area contributed by atoms with Gasteiger partial charge in [-0.1, -0.05) is 35.7 Å². The maximum absolute atomic E-state index is 13.7. The number of nitrogens with zero attached hydrogens (tertiary/aromatic N) is 3. The van der Waals surface area contributed by atoms with Gasteiger partial charge in [-0.05, 0) is 24.6 Å². The first-order chi connectivity index (χ1) is 8.70. The number of benzene rings is 1. The van der Waals surface area contributed by atoms with Gasteiger partial charge in [-0.15, -0.1) is 0 Å². The van der Waals surface area contributed by atoms with Crippen LogP contribution in [0.15, 0.2) is 28.9 Å². The van der Waals surface area contributed by atoms with Crippen molar-refractivity contribution in [1.82, 2.24) is 15.0 Å². The summed E-state index contributed by atoms with van der Waals surface area (Å²) in [7, 11) is 0. The third kappa shape index (κ3) is 3.16. The van der Waals surface area contributed by atoms with Gasteiger partial charge in [0.2, 0.25) is 0 Å². The second kappa shape index (κ2) is 6.09. The molecule has 0 unspecified atom stereocenters. The molecule has 0 aliphatic carbocycles. The molecule has 0 amide bonds. The smallest absolute Gasteiger partial charge is 0.133 e. The fraction of sp³-hybridized carbons (Fsp3) is 0.385. The Labute approximate surface area is 114 Å². The van der Waals surface area contributed by atoms with Crippen molar-refractivity contribution in [3.8, 4) is 11.3 Å². The number of hydrogen-bond donors (Lipinski definition) is 0. The maximum atomic E-state index is 13.7. The molecule has 1 heterocycles. The quantitative estimate of drug-likeness (QED) is 0.780. The molecular weight excluding hydrogens is 297 g/mol. The van der Waals surface area contributed by atoms with E-state index in [2.05, 4.69) is 33.1 Å². The Morgan fingerprint density at radius 1 is 1.33 bits per heavy atom.